The summed E-state index contributed by atoms with van der Waals surface area (Å²) in [5.41, 5.74) is 6.81. The third kappa shape index (κ3) is 3.14. The molecule has 1 aromatic heterocycles. The normalized spacial score (nSPS) is 11.4. The Hall–Kier alpha value is -2.27. The molecule has 0 spiro atoms. The Morgan fingerprint density at radius 3 is 2.89 bits per heavy atom. The Bertz CT molecular complexity index is 629. The molecule has 0 atom stereocenters. The molecule has 6 heteroatoms. The molecule has 2 rings (SSSR count). The summed E-state index contributed by atoms with van der Waals surface area (Å²) in [5, 5.41) is 12.0. The number of pyridine rings is 1. The molecule has 1 aromatic carbocycles. The van der Waals surface area contributed by atoms with Crippen molar-refractivity contribution in [2.75, 3.05) is 0 Å². The van der Waals surface area contributed by atoms with E-state index in [0.29, 0.717) is 22.3 Å². The van der Waals surface area contributed by atoms with Crippen molar-refractivity contribution in [3.63, 3.8) is 0 Å². The van der Waals surface area contributed by atoms with Crippen LogP contribution in [0.4, 0.5) is 0 Å². The molecule has 0 bridgehead atoms. The first-order chi connectivity index (χ1) is 9.10. The summed E-state index contributed by atoms with van der Waals surface area (Å²) in [7, 11) is 0. The van der Waals surface area contributed by atoms with E-state index >= 15 is 0 Å². The van der Waals surface area contributed by atoms with Crippen LogP contribution in [0.25, 0.3) is 0 Å². The summed E-state index contributed by atoms with van der Waals surface area (Å²) >= 11 is 6.03. The van der Waals surface area contributed by atoms with E-state index in [1.165, 1.54) is 0 Å². The highest BCUT2D eigenvalue weighted by molar-refractivity contribution is 6.32. The number of amidine groups is 1. The van der Waals surface area contributed by atoms with E-state index in [2.05, 4.69) is 10.1 Å². The number of halogens is 1. The van der Waals surface area contributed by atoms with Gasteiger partial charge >= 0.3 is 0 Å². The highest BCUT2D eigenvalue weighted by Crippen LogP contribution is 2.29. The van der Waals surface area contributed by atoms with Crippen LogP contribution < -0.4 is 10.5 Å². The summed E-state index contributed by atoms with van der Waals surface area (Å²) < 4.78 is 5.59. The largest absolute Gasteiger partial charge is 0.437 e. The number of rotatable bonds is 3. The van der Waals surface area contributed by atoms with Crippen LogP contribution >= 0.6 is 11.6 Å². The lowest BCUT2D eigenvalue weighted by Crippen LogP contribution is -2.14. The molecule has 0 radical (unpaired) electrons. The second kappa shape index (κ2) is 5.58. The molecule has 0 aliphatic carbocycles. The quantitative estimate of drug-likeness (QED) is 0.391. The fraction of sp³-hybridized carbons (Fsp3) is 0.0769. The van der Waals surface area contributed by atoms with Crippen molar-refractivity contribution in [1.82, 2.24) is 4.98 Å². The van der Waals surface area contributed by atoms with E-state index in [0.717, 1.165) is 5.56 Å². The topological polar surface area (TPSA) is 80.7 Å². The molecular weight excluding hydrogens is 266 g/mol. The summed E-state index contributed by atoms with van der Waals surface area (Å²) in [6, 6.07) is 10.4. The Morgan fingerprint density at radius 2 is 2.16 bits per heavy atom. The number of aromatic nitrogens is 1. The summed E-state index contributed by atoms with van der Waals surface area (Å²) in [4.78, 5) is 4.11. The van der Waals surface area contributed by atoms with E-state index < -0.39 is 0 Å². The highest BCUT2D eigenvalue weighted by Gasteiger charge is 2.07. The monoisotopic (exact) mass is 277 g/mol. The Morgan fingerprint density at radius 1 is 1.37 bits per heavy atom. The molecule has 98 valence electrons. The van der Waals surface area contributed by atoms with Crippen LogP contribution in [0.5, 0.6) is 11.6 Å². The third-order valence-corrected chi connectivity index (χ3v) is 2.71. The van der Waals surface area contributed by atoms with Crippen molar-refractivity contribution in [1.29, 1.82) is 0 Å². The second-order valence-electron chi connectivity index (χ2n) is 3.88. The molecule has 0 aliphatic rings. The lowest BCUT2D eigenvalue weighted by Gasteiger charge is -2.08. The van der Waals surface area contributed by atoms with Crippen LogP contribution in [0, 0.1) is 6.92 Å². The predicted octanol–water partition coefficient (Wildman–Crippen LogP) is 2.93. The minimum Gasteiger partial charge on any atom is -0.437 e. The van der Waals surface area contributed by atoms with Gasteiger partial charge in [-0.05, 0) is 30.7 Å². The molecule has 0 unspecified atom stereocenters. The molecule has 0 fully saturated rings. The van der Waals surface area contributed by atoms with Gasteiger partial charge in [0.1, 0.15) is 11.4 Å². The zero-order chi connectivity index (χ0) is 13.8. The summed E-state index contributed by atoms with van der Waals surface area (Å²) in [6.45, 7) is 1.93. The molecule has 0 saturated carbocycles. The standard InChI is InChI=1S/C13H12ClN3O2/c1-8-5-6-9(14)11(7-8)19-12-4-2-3-10(16-12)13(15)17-18/h2-7,18H,1H3,(H2,15,17). The lowest BCUT2D eigenvalue weighted by atomic mass is 10.2. The van der Waals surface area contributed by atoms with Gasteiger partial charge < -0.3 is 15.7 Å². The molecule has 0 amide bonds. The Balaban J connectivity index is 2.31. The van der Waals surface area contributed by atoms with Gasteiger partial charge in [0.2, 0.25) is 5.88 Å². The van der Waals surface area contributed by atoms with Crippen molar-refractivity contribution in [3.05, 3.63) is 52.7 Å². The maximum absolute atomic E-state index is 8.61. The molecule has 19 heavy (non-hydrogen) atoms. The summed E-state index contributed by atoms with van der Waals surface area (Å²) in [5.74, 6) is 0.739. The molecule has 1 heterocycles. The zero-order valence-electron chi connectivity index (χ0n) is 10.2. The number of aryl methyl sites for hydroxylation is 1. The first-order valence-corrected chi connectivity index (χ1v) is 5.87. The van der Waals surface area contributed by atoms with E-state index in [1.807, 2.05) is 13.0 Å². The SMILES string of the molecule is Cc1ccc(Cl)c(Oc2cccc(C(N)=NO)n2)c1. The molecule has 0 saturated heterocycles. The van der Waals surface area contributed by atoms with Gasteiger partial charge in [0.25, 0.3) is 0 Å². The number of hydrogen-bond acceptors (Lipinski definition) is 4. The molecular formula is C13H12ClN3O2. The number of benzene rings is 1. The molecule has 3 N–H and O–H groups in total. The van der Waals surface area contributed by atoms with Gasteiger partial charge in [-0.3, -0.25) is 0 Å². The van der Waals surface area contributed by atoms with Gasteiger partial charge in [0.15, 0.2) is 5.84 Å². The number of hydrogen-bond donors (Lipinski definition) is 2. The molecule has 2 aromatic rings. The first kappa shape index (κ1) is 13.2. The van der Waals surface area contributed by atoms with Crippen LogP contribution in [0.1, 0.15) is 11.3 Å². The van der Waals surface area contributed by atoms with Gasteiger partial charge in [0, 0.05) is 6.07 Å². The smallest absolute Gasteiger partial charge is 0.219 e. The number of nitrogens with two attached hydrogens (primary N) is 1. The van der Waals surface area contributed by atoms with Crippen molar-refractivity contribution >= 4 is 17.4 Å². The predicted molar refractivity (Wildman–Crippen MR) is 73.0 cm³/mol. The van der Waals surface area contributed by atoms with Crippen LogP contribution in [-0.4, -0.2) is 16.0 Å². The van der Waals surface area contributed by atoms with Crippen molar-refractivity contribution in [2.45, 2.75) is 6.92 Å². The molecule has 5 nitrogen and oxygen atoms in total. The number of ether oxygens (including phenoxy) is 1. The van der Waals surface area contributed by atoms with Crippen LogP contribution in [0.2, 0.25) is 5.02 Å². The van der Waals surface area contributed by atoms with Gasteiger partial charge in [-0.25, -0.2) is 4.98 Å². The maximum Gasteiger partial charge on any atom is 0.219 e. The fourth-order valence-electron chi connectivity index (χ4n) is 1.47. The minimum absolute atomic E-state index is 0.0826. The van der Waals surface area contributed by atoms with Crippen molar-refractivity contribution in [3.8, 4) is 11.6 Å². The lowest BCUT2D eigenvalue weighted by molar-refractivity contribution is 0.318. The van der Waals surface area contributed by atoms with Crippen molar-refractivity contribution in [2.24, 2.45) is 10.9 Å². The number of oxime groups is 1. The van der Waals surface area contributed by atoms with E-state index in [-0.39, 0.29) is 5.84 Å². The number of nitrogens with zero attached hydrogens (tertiary/aromatic N) is 2. The first-order valence-electron chi connectivity index (χ1n) is 5.49. The van der Waals surface area contributed by atoms with Gasteiger partial charge in [0.05, 0.1) is 5.02 Å². The van der Waals surface area contributed by atoms with Gasteiger partial charge in [-0.2, -0.15) is 0 Å². The summed E-state index contributed by atoms with van der Waals surface area (Å²) in [6.07, 6.45) is 0. The Kier molecular flexibility index (Phi) is 3.87. The van der Waals surface area contributed by atoms with Gasteiger partial charge in [-0.15, -0.1) is 0 Å². The van der Waals surface area contributed by atoms with Crippen LogP contribution in [0.15, 0.2) is 41.6 Å². The van der Waals surface area contributed by atoms with E-state index in [1.54, 1.807) is 30.3 Å². The van der Waals surface area contributed by atoms with E-state index in [9.17, 15) is 0 Å². The Labute approximate surface area is 115 Å². The highest BCUT2D eigenvalue weighted by atomic mass is 35.5. The molecule has 0 aliphatic heterocycles. The third-order valence-electron chi connectivity index (χ3n) is 2.39. The van der Waals surface area contributed by atoms with E-state index in [4.69, 9.17) is 27.3 Å². The van der Waals surface area contributed by atoms with Crippen molar-refractivity contribution < 1.29 is 9.94 Å². The van der Waals surface area contributed by atoms with Gasteiger partial charge in [-0.1, -0.05) is 28.9 Å². The zero-order valence-corrected chi connectivity index (χ0v) is 10.9. The average molecular weight is 278 g/mol. The average Bonchev–Trinajstić information content (AvgIpc) is 2.42. The minimum atomic E-state index is -0.0826. The maximum atomic E-state index is 8.61. The van der Waals surface area contributed by atoms with Crippen LogP contribution in [-0.2, 0) is 0 Å². The second-order valence-corrected chi connectivity index (χ2v) is 4.29. The fourth-order valence-corrected chi connectivity index (χ4v) is 1.62. The van der Waals surface area contributed by atoms with Crippen LogP contribution in [0.3, 0.4) is 0 Å².